The summed E-state index contributed by atoms with van der Waals surface area (Å²) in [5, 5.41) is 0. The first-order chi connectivity index (χ1) is 19.9. The van der Waals surface area contributed by atoms with E-state index in [9.17, 15) is 52.7 Å². The summed E-state index contributed by atoms with van der Waals surface area (Å²) in [5.74, 6) is -28.0. The van der Waals surface area contributed by atoms with E-state index in [2.05, 4.69) is 21.6 Å². The number of hydrogen-bond donors (Lipinski definition) is 0. The summed E-state index contributed by atoms with van der Waals surface area (Å²) in [6, 6.07) is 5.82. The molecule has 0 aliphatic heterocycles. The topological polar surface area (TPSA) is 44.2 Å². The molecule has 0 amide bonds. The van der Waals surface area contributed by atoms with Crippen LogP contribution in [0.5, 0.6) is 5.75 Å². The van der Waals surface area contributed by atoms with Gasteiger partial charge in [-0.3, -0.25) is 0 Å². The van der Waals surface area contributed by atoms with Crippen molar-refractivity contribution in [1.82, 2.24) is 9.97 Å². The Balaban J connectivity index is 1.83. The maximum absolute atomic E-state index is 14.0. The van der Waals surface area contributed by atoms with Gasteiger partial charge in [0.15, 0.2) is 12.0 Å². The molecule has 0 radical (unpaired) electrons. The van der Waals surface area contributed by atoms with Gasteiger partial charge in [-0.25, -0.2) is 14.4 Å². The number of aryl methyl sites for hydroxylation is 1. The van der Waals surface area contributed by atoms with Crippen molar-refractivity contribution in [2.45, 2.75) is 87.9 Å². The molecule has 0 N–H and O–H groups in total. The minimum Gasteiger partial charge on any atom is -0.490 e. The van der Waals surface area contributed by atoms with E-state index in [1.807, 2.05) is 0 Å². The Morgan fingerprint density at radius 3 is 1.81 bits per heavy atom. The van der Waals surface area contributed by atoms with Crippen molar-refractivity contribution in [3.63, 3.8) is 0 Å². The van der Waals surface area contributed by atoms with Crippen LogP contribution in [0.1, 0.15) is 51.0 Å². The highest BCUT2D eigenvalue weighted by Gasteiger charge is 2.87. The first-order valence-electron chi connectivity index (χ1n) is 13.2. The zero-order valence-corrected chi connectivity index (χ0v) is 22.9. The van der Waals surface area contributed by atoms with Gasteiger partial charge < -0.3 is 9.47 Å². The maximum atomic E-state index is 14.0. The Kier molecular flexibility index (Phi) is 12.5. The van der Waals surface area contributed by atoms with Gasteiger partial charge in [-0.15, -0.1) is 0 Å². The van der Waals surface area contributed by atoms with Crippen LogP contribution in [0, 0.1) is 0 Å². The molecule has 1 aromatic heterocycles. The molecule has 16 heteroatoms. The van der Waals surface area contributed by atoms with E-state index in [-0.39, 0.29) is 5.75 Å². The first-order valence-corrected chi connectivity index (χ1v) is 13.2. The minimum atomic E-state index is -7.55. The van der Waals surface area contributed by atoms with E-state index in [1.165, 1.54) is 49.9 Å². The number of halogens is 12. The lowest BCUT2D eigenvalue weighted by Gasteiger charge is -2.37. The summed E-state index contributed by atoms with van der Waals surface area (Å²) in [7, 11) is 0. The second-order valence-electron chi connectivity index (χ2n) is 9.81. The molecule has 2 rings (SSSR count). The normalized spacial score (nSPS) is 14.2. The van der Waals surface area contributed by atoms with Gasteiger partial charge in [0.25, 0.3) is 0 Å². The molecule has 0 fully saturated rings. The summed E-state index contributed by atoms with van der Waals surface area (Å²) < 4.78 is 166. The maximum Gasteiger partial charge on any atom is 0.460 e. The van der Waals surface area contributed by atoms with Crippen molar-refractivity contribution in [2.24, 2.45) is 0 Å². The summed E-state index contributed by atoms with van der Waals surface area (Å²) in [6.07, 6.45) is 1.58. The van der Waals surface area contributed by atoms with Gasteiger partial charge in [-0.05, 0) is 42.7 Å². The lowest BCUT2D eigenvalue weighted by atomic mass is 9.98. The molecule has 0 unspecified atom stereocenters. The van der Waals surface area contributed by atoms with Crippen LogP contribution in [0.2, 0.25) is 0 Å². The molecular weight excluding hydrogens is 612 g/mol. The molecule has 0 aliphatic carbocycles. The standard InChI is InChI=1S/C27H30F12N2O2/c1-2-3-4-5-6-7-8-18-13-40-22(41-14-18)19-9-11-21(12-10-19)43-16-20(28)15-42-17-23(29,30)24(31,32)25(33,34)26(35,36)27(37,38)39/h9-14,20H,2-8,15-17H2,1H3/t20-/m1/s1. The molecule has 43 heavy (non-hydrogen) atoms. The fourth-order valence-electron chi connectivity index (χ4n) is 3.69. The van der Waals surface area contributed by atoms with Gasteiger partial charge in [0, 0.05) is 18.0 Å². The van der Waals surface area contributed by atoms with Gasteiger partial charge in [0.1, 0.15) is 19.0 Å². The fraction of sp³-hybridized carbons (Fsp3) is 0.630. The summed E-state index contributed by atoms with van der Waals surface area (Å²) in [5.41, 5.74) is 1.56. The van der Waals surface area contributed by atoms with Crippen molar-refractivity contribution in [1.29, 1.82) is 0 Å². The van der Waals surface area contributed by atoms with Crippen LogP contribution < -0.4 is 4.74 Å². The smallest absolute Gasteiger partial charge is 0.460 e. The van der Waals surface area contributed by atoms with Crippen LogP contribution in [0.15, 0.2) is 36.7 Å². The molecule has 0 spiro atoms. The fourth-order valence-corrected chi connectivity index (χ4v) is 3.69. The molecule has 2 aromatic rings. The minimum absolute atomic E-state index is 0.0666. The molecule has 244 valence electrons. The zero-order valence-electron chi connectivity index (χ0n) is 22.9. The molecule has 0 bridgehead atoms. The molecule has 1 heterocycles. The Bertz CT molecular complexity index is 1110. The summed E-state index contributed by atoms with van der Waals surface area (Å²) >= 11 is 0. The Hall–Kier alpha value is -2.78. The number of ether oxygens (including phenoxy) is 2. The highest BCUT2D eigenvalue weighted by molar-refractivity contribution is 5.55. The van der Waals surface area contributed by atoms with E-state index in [0.29, 0.717) is 11.4 Å². The number of nitrogens with zero attached hydrogens (tertiary/aromatic N) is 2. The zero-order chi connectivity index (χ0) is 32.5. The van der Waals surface area contributed by atoms with Crippen LogP contribution >= 0.6 is 0 Å². The average Bonchev–Trinajstić information content (AvgIpc) is 2.93. The number of rotatable bonds is 18. The van der Waals surface area contributed by atoms with Crippen LogP contribution in [-0.4, -0.2) is 65.8 Å². The molecule has 0 saturated carbocycles. The van der Waals surface area contributed by atoms with Gasteiger partial charge in [0.2, 0.25) is 0 Å². The summed E-state index contributed by atoms with van der Waals surface area (Å²) in [6.45, 7) is -2.98. The molecule has 1 aromatic carbocycles. The Morgan fingerprint density at radius 2 is 1.26 bits per heavy atom. The molecule has 0 aliphatic rings. The van der Waals surface area contributed by atoms with Crippen molar-refractivity contribution in [3.05, 3.63) is 42.2 Å². The quantitative estimate of drug-likeness (QED) is 0.120. The third kappa shape index (κ3) is 9.11. The molecular formula is C27H30F12N2O2. The lowest BCUT2D eigenvalue weighted by molar-refractivity contribution is -0.424. The van der Waals surface area contributed by atoms with E-state index in [4.69, 9.17) is 4.74 Å². The van der Waals surface area contributed by atoms with E-state index in [0.717, 1.165) is 24.8 Å². The predicted molar refractivity (Wildman–Crippen MR) is 132 cm³/mol. The monoisotopic (exact) mass is 642 g/mol. The second-order valence-corrected chi connectivity index (χ2v) is 9.81. The van der Waals surface area contributed by atoms with E-state index < -0.39 is 55.9 Å². The number of unbranched alkanes of at least 4 members (excludes halogenated alkanes) is 5. The molecule has 1 atom stereocenters. The number of hydrogen-bond acceptors (Lipinski definition) is 4. The first kappa shape index (κ1) is 36.4. The number of alkyl halides is 12. The highest BCUT2D eigenvalue weighted by atomic mass is 19.4. The number of aromatic nitrogens is 2. The van der Waals surface area contributed by atoms with Crippen molar-refractivity contribution < 1.29 is 62.2 Å². The lowest BCUT2D eigenvalue weighted by Crippen LogP contribution is -2.67. The van der Waals surface area contributed by atoms with Crippen LogP contribution in [-0.2, 0) is 11.2 Å². The Morgan fingerprint density at radius 1 is 0.698 bits per heavy atom. The Labute approximate surface area is 239 Å². The van der Waals surface area contributed by atoms with Gasteiger partial charge in [0.05, 0.1) is 6.61 Å². The van der Waals surface area contributed by atoms with Crippen LogP contribution in [0.3, 0.4) is 0 Å². The second kappa shape index (κ2) is 14.8. The molecule has 0 saturated heterocycles. The van der Waals surface area contributed by atoms with Gasteiger partial charge in [-0.1, -0.05) is 39.0 Å². The number of benzene rings is 1. The van der Waals surface area contributed by atoms with Crippen molar-refractivity contribution in [2.75, 3.05) is 19.8 Å². The van der Waals surface area contributed by atoms with E-state index >= 15 is 0 Å². The van der Waals surface area contributed by atoms with Gasteiger partial charge >= 0.3 is 29.9 Å². The molecule has 4 nitrogen and oxygen atoms in total. The third-order valence-corrected chi connectivity index (χ3v) is 6.25. The van der Waals surface area contributed by atoms with Crippen molar-refractivity contribution >= 4 is 0 Å². The average molecular weight is 643 g/mol. The highest BCUT2D eigenvalue weighted by Crippen LogP contribution is 2.57. The van der Waals surface area contributed by atoms with Gasteiger partial charge in [-0.2, -0.15) is 48.3 Å². The third-order valence-electron chi connectivity index (χ3n) is 6.25. The predicted octanol–water partition coefficient (Wildman–Crippen LogP) is 8.88. The van der Waals surface area contributed by atoms with Crippen LogP contribution in [0.25, 0.3) is 11.4 Å². The van der Waals surface area contributed by atoms with Crippen molar-refractivity contribution in [3.8, 4) is 17.1 Å². The van der Waals surface area contributed by atoms with E-state index in [1.54, 1.807) is 12.4 Å². The largest absolute Gasteiger partial charge is 0.490 e. The SMILES string of the molecule is CCCCCCCCc1cnc(-c2ccc(OC[C@H](F)COCC(F)(F)C(F)(F)C(F)(F)C(F)(F)C(F)(F)F)cc2)nc1. The summed E-state index contributed by atoms with van der Waals surface area (Å²) in [4.78, 5) is 8.61. The van der Waals surface area contributed by atoms with Crippen LogP contribution in [0.4, 0.5) is 52.7 Å².